The molecule has 0 saturated carbocycles. The molecule has 0 bridgehead atoms. The first-order valence-corrected chi connectivity index (χ1v) is 10.7. The SMILES string of the molecule is S=C(NCC1CCN(C(=S)Nc2ccc(Cl)cc2)CC1)Nc1ccc(Cl)cc1. The van der Waals surface area contributed by atoms with Crippen molar-refractivity contribution in [3.8, 4) is 0 Å². The molecular weight excluding hydrogens is 431 g/mol. The van der Waals surface area contributed by atoms with Gasteiger partial charge in [-0.1, -0.05) is 23.2 Å². The Morgan fingerprint density at radius 3 is 1.89 bits per heavy atom. The number of hydrogen-bond acceptors (Lipinski definition) is 2. The quantitative estimate of drug-likeness (QED) is 0.540. The number of hydrogen-bond donors (Lipinski definition) is 3. The highest BCUT2D eigenvalue weighted by Crippen LogP contribution is 2.19. The summed E-state index contributed by atoms with van der Waals surface area (Å²) in [5.74, 6) is 0.569. The van der Waals surface area contributed by atoms with Crippen LogP contribution in [0.2, 0.25) is 10.0 Å². The van der Waals surface area contributed by atoms with E-state index in [0.29, 0.717) is 21.1 Å². The highest BCUT2D eigenvalue weighted by Gasteiger charge is 2.21. The van der Waals surface area contributed by atoms with Gasteiger partial charge in [0, 0.05) is 41.1 Å². The van der Waals surface area contributed by atoms with Gasteiger partial charge in [-0.25, -0.2) is 0 Å². The van der Waals surface area contributed by atoms with Crippen LogP contribution in [0.15, 0.2) is 48.5 Å². The third-order valence-corrected chi connectivity index (χ3v) is 5.76. The molecule has 1 fully saturated rings. The van der Waals surface area contributed by atoms with Gasteiger partial charge < -0.3 is 20.9 Å². The lowest BCUT2D eigenvalue weighted by atomic mass is 9.97. The predicted octanol–water partition coefficient (Wildman–Crippen LogP) is 5.39. The van der Waals surface area contributed by atoms with Crippen molar-refractivity contribution in [2.75, 3.05) is 30.3 Å². The molecular formula is C20H22Cl2N4S2. The van der Waals surface area contributed by atoms with Crippen LogP contribution >= 0.6 is 47.6 Å². The average molecular weight is 453 g/mol. The molecule has 3 rings (SSSR count). The summed E-state index contributed by atoms with van der Waals surface area (Å²) >= 11 is 22.7. The molecule has 0 spiro atoms. The van der Waals surface area contributed by atoms with Gasteiger partial charge in [0.15, 0.2) is 10.2 Å². The zero-order valence-electron chi connectivity index (χ0n) is 15.3. The van der Waals surface area contributed by atoms with Crippen LogP contribution in [0.5, 0.6) is 0 Å². The van der Waals surface area contributed by atoms with Crippen LogP contribution in [0, 0.1) is 5.92 Å². The van der Waals surface area contributed by atoms with E-state index < -0.39 is 0 Å². The van der Waals surface area contributed by atoms with Crippen molar-refractivity contribution in [3.63, 3.8) is 0 Å². The minimum absolute atomic E-state index is 0.569. The van der Waals surface area contributed by atoms with Crippen molar-refractivity contribution < 1.29 is 0 Å². The lowest BCUT2D eigenvalue weighted by Crippen LogP contribution is -2.43. The molecule has 1 saturated heterocycles. The maximum Gasteiger partial charge on any atom is 0.173 e. The largest absolute Gasteiger partial charge is 0.362 e. The van der Waals surface area contributed by atoms with Crippen LogP contribution < -0.4 is 16.0 Å². The molecule has 0 aliphatic carbocycles. The van der Waals surface area contributed by atoms with Crippen LogP contribution in [0.4, 0.5) is 11.4 Å². The van der Waals surface area contributed by atoms with Gasteiger partial charge in [0.05, 0.1) is 0 Å². The summed E-state index contributed by atoms with van der Waals surface area (Å²) in [5, 5.41) is 12.6. The van der Waals surface area contributed by atoms with Gasteiger partial charge in [-0.05, 0) is 91.7 Å². The maximum absolute atomic E-state index is 5.92. The number of thiocarbonyl (C=S) groups is 2. The molecule has 0 radical (unpaired) electrons. The Balaban J connectivity index is 1.37. The molecule has 0 unspecified atom stereocenters. The van der Waals surface area contributed by atoms with Gasteiger partial charge in [0.1, 0.15) is 0 Å². The maximum atomic E-state index is 5.92. The molecule has 8 heteroatoms. The summed E-state index contributed by atoms with van der Waals surface area (Å²) in [7, 11) is 0. The fourth-order valence-corrected chi connectivity index (χ4v) is 3.78. The fraction of sp³-hybridized carbons (Fsp3) is 0.300. The van der Waals surface area contributed by atoms with E-state index in [2.05, 4.69) is 20.9 Å². The fourth-order valence-electron chi connectivity index (χ4n) is 3.02. The first-order valence-electron chi connectivity index (χ1n) is 9.11. The van der Waals surface area contributed by atoms with E-state index in [1.165, 1.54) is 0 Å². The third kappa shape index (κ3) is 6.48. The number of anilines is 2. The van der Waals surface area contributed by atoms with Crippen LogP contribution in [-0.4, -0.2) is 34.8 Å². The van der Waals surface area contributed by atoms with Crippen LogP contribution in [0.1, 0.15) is 12.8 Å². The summed E-state index contributed by atoms with van der Waals surface area (Å²) in [5.41, 5.74) is 1.88. The standard InChI is InChI=1S/C20H22Cl2N4S2/c21-15-1-5-17(6-2-15)24-19(27)23-13-14-9-11-26(12-10-14)20(28)25-18-7-3-16(22)4-8-18/h1-8,14H,9-13H2,(H,25,28)(H2,23,24,27). The molecule has 2 aromatic carbocycles. The van der Waals surface area contributed by atoms with Gasteiger partial charge in [-0.2, -0.15) is 0 Å². The van der Waals surface area contributed by atoms with Gasteiger partial charge in [0.25, 0.3) is 0 Å². The van der Waals surface area contributed by atoms with E-state index in [-0.39, 0.29) is 0 Å². The highest BCUT2D eigenvalue weighted by atomic mass is 35.5. The Bertz CT molecular complexity index is 804. The van der Waals surface area contributed by atoms with E-state index in [1.54, 1.807) is 0 Å². The Hall–Kier alpha value is -1.60. The molecule has 0 amide bonds. The number of benzene rings is 2. The summed E-state index contributed by atoms with van der Waals surface area (Å²) < 4.78 is 0. The van der Waals surface area contributed by atoms with E-state index in [9.17, 15) is 0 Å². The first kappa shape index (κ1) is 21.1. The normalized spacial score (nSPS) is 14.4. The van der Waals surface area contributed by atoms with Crippen LogP contribution in [-0.2, 0) is 0 Å². The lowest BCUT2D eigenvalue weighted by molar-refractivity contribution is 0.269. The van der Waals surface area contributed by atoms with E-state index in [1.807, 2.05) is 48.5 Å². The minimum atomic E-state index is 0.569. The molecule has 3 N–H and O–H groups in total. The lowest BCUT2D eigenvalue weighted by Gasteiger charge is -2.34. The van der Waals surface area contributed by atoms with Gasteiger partial charge >= 0.3 is 0 Å². The van der Waals surface area contributed by atoms with Crippen molar-refractivity contribution in [1.29, 1.82) is 0 Å². The Morgan fingerprint density at radius 1 is 0.857 bits per heavy atom. The number of rotatable bonds is 4. The second-order valence-electron chi connectivity index (χ2n) is 6.71. The molecule has 28 heavy (non-hydrogen) atoms. The zero-order chi connectivity index (χ0) is 19.9. The second-order valence-corrected chi connectivity index (χ2v) is 8.38. The summed E-state index contributed by atoms with van der Waals surface area (Å²) in [4.78, 5) is 2.21. The van der Waals surface area contributed by atoms with E-state index in [4.69, 9.17) is 47.6 Å². The molecule has 0 atom stereocenters. The van der Waals surface area contributed by atoms with Crippen molar-refractivity contribution in [2.45, 2.75) is 12.8 Å². The number of piperidine rings is 1. The van der Waals surface area contributed by atoms with Crippen molar-refractivity contribution in [3.05, 3.63) is 58.6 Å². The average Bonchev–Trinajstić information content (AvgIpc) is 2.70. The monoisotopic (exact) mass is 452 g/mol. The molecule has 148 valence electrons. The first-order chi connectivity index (χ1) is 13.5. The number of nitrogens with zero attached hydrogens (tertiary/aromatic N) is 1. The van der Waals surface area contributed by atoms with E-state index >= 15 is 0 Å². The minimum Gasteiger partial charge on any atom is -0.362 e. The van der Waals surface area contributed by atoms with Gasteiger partial charge in [-0.3, -0.25) is 0 Å². The molecule has 1 aliphatic rings. The zero-order valence-corrected chi connectivity index (χ0v) is 18.4. The van der Waals surface area contributed by atoms with Crippen LogP contribution in [0.3, 0.4) is 0 Å². The molecule has 4 nitrogen and oxygen atoms in total. The number of nitrogens with one attached hydrogen (secondary N) is 3. The van der Waals surface area contributed by atoms with Crippen molar-refractivity contribution >= 4 is 69.2 Å². The van der Waals surface area contributed by atoms with Crippen molar-refractivity contribution in [2.24, 2.45) is 5.92 Å². The second kappa shape index (κ2) is 10.3. The van der Waals surface area contributed by atoms with Gasteiger partial charge in [0.2, 0.25) is 0 Å². The third-order valence-electron chi connectivity index (χ3n) is 4.65. The molecule has 2 aromatic rings. The molecule has 0 aromatic heterocycles. The Kier molecular flexibility index (Phi) is 7.73. The summed E-state index contributed by atoms with van der Waals surface area (Å²) in [6.45, 7) is 2.72. The van der Waals surface area contributed by atoms with Gasteiger partial charge in [-0.15, -0.1) is 0 Å². The topological polar surface area (TPSA) is 39.3 Å². The van der Waals surface area contributed by atoms with Crippen molar-refractivity contribution in [1.82, 2.24) is 10.2 Å². The highest BCUT2D eigenvalue weighted by molar-refractivity contribution is 7.80. The Labute approximate surface area is 186 Å². The van der Waals surface area contributed by atoms with E-state index in [0.717, 1.165) is 49.0 Å². The summed E-state index contributed by atoms with van der Waals surface area (Å²) in [6, 6.07) is 15.1. The number of halogens is 2. The smallest absolute Gasteiger partial charge is 0.173 e. The molecule has 1 heterocycles. The Morgan fingerprint density at radius 2 is 1.36 bits per heavy atom. The molecule has 1 aliphatic heterocycles. The predicted molar refractivity (Wildman–Crippen MR) is 128 cm³/mol. The summed E-state index contributed by atoms with van der Waals surface area (Å²) in [6.07, 6.45) is 2.14. The number of likely N-dealkylation sites (tertiary alicyclic amines) is 1. The van der Waals surface area contributed by atoms with Crippen LogP contribution in [0.25, 0.3) is 0 Å².